The van der Waals surface area contributed by atoms with Crippen molar-refractivity contribution in [1.29, 1.82) is 0 Å². The Balaban J connectivity index is 2.90. The maximum Gasteiger partial charge on any atom is 0.0638 e. The SMILES string of the molecule is Cc1ccc(N)c(CC(C)C)n1. The average molecular weight is 164 g/mol. The molecule has 0 amide bonds. The van der Waals surface area contributed by atoms with E-state index in [4.69, 9.17) is 5.73 Å². The van der Waals surface area contributed by atoms with Gasteiger partial charge in [-0.2, -0.15) is 0 Å². The van der Waals surface area contributed by atoms with Crippen molar-refractivity contribution in [2.45, 2.75) is 27.2 Å². The molecule has 0 aromatic carbocycles. The predicted molar refractivity (Wildman–Crippen MR) is 51.9 cm³/mol. The number of nitrogen functional groups attached to an aromatic ring is 1. The summed E-state index contributed by atoms with van der Waals surface area (Å²) in [6, 6.07) is 3.87. The van der Waals surface area contributed by atoms with Gasteiger partial charge in [0.2, 0.25) is 0 Å². The molecular weight excluding hydrogens is 148 g/mol. The molecular formula is C10H16N2. The van der Waals surface area contributed by atoms with Crippen molar-refractivity contribution >= 4 is 5.69 Å². The zero-order valence-electron chi connectivity index (χ0n) is 7.96. The molecule has 0 aliphatic rings. The Labute approximate surface area is 73.8 Å². The molecule has 0 aliphatic carbocycles. The maximum atomic E-state index is 5.78. The van der Waals surface area contributed by atoms with Crippen LogP contribution in [0.4, 0.5) is 5.69 Å². The van der Waals surface area contributed by atoms with Crippen molar-refractivity contribution in [2.24, 2.45) is 5.92 Å². The van der Waals surface area contributed by atoms with Crippen LogP contribution in [-0.4, -0.2) is 4.98 Å². The number of anilines is 1. The molecule has 0 bridgehead atoms. The number of hydrogen-bond donors (Lipinski definition) is 1. The van der Waals surface area contributed by atoms with Gasteiger partial charge in [0, 0.05) is 5.69 Å². The average Bonchev–Trinajstić information content (AvgIpc) is 1.96. The highest BCUT2D eigenvalue weighted by Gasteiger charge is 2.03. The fraction of sp³-hybridized carbons (Fsp3) is 0.500. The van der Waals surface area contributed by atoms with E-state index in [0.717, 1.165) is 23.5 Å². The first-order chi connectivity index (χ1) is 5.59. The molecule has 1 rings (SSSR count). The van der Waals surface area contributed by atoms with Gasteiger partial charge in [-0.3, -0.25) is 4.98 Å². The van der Waals surface area contributed by atoms with E-state index in [-0.39, 0.29) is 0 Å². The molecule has 1 aromatic heterocycles. The smallest absolute Gasteiger partial charge is 0.0638 e. The molecule has 0 saturated heterocycles. The van der Waals surface area contributed by atoms with Crippen LogP contribution in [0.2, 0.25) is 0 Å². The van der Waals surface area contributed by atoms with Gasteiger partial charge in [0.1, 0.15) is 0 Å². The van der Waals surface area contributed by atoms with Gasteiger partial charge in [-0.15, -0.1) is 0 Å². The summed E-state index contributed by atoms with van der Waals surface area (Å²) in [5.41, 5.74) is 8.66. The van der Waals surface area contributed by atoms with Crippen molar-refractivity contribution in [3.63, 3.8) is 0 Å². The Morgan fingerprint density at radius 3 is 2.67 bits per heavy atom. The molecule has 0 fully saturated rings. The minimum atomic E-state index is 0.613. The van der Waals surface area contributed by atoms with E-state index in [0.29, 0.717) is 5.92 Å². The van der Waals surface area contributed by atoms with Crippen LogP contribution in [0.1, 0.15) is 25.2 Å². The third-order valence-corrected chi connectivity index (χ3v) is 1.75. The summed E-state index contributed by atoms with van der Waals surface area (Å²) >= 11 is 0. The first-order valence-corrected chi connectivity index (χ1v) is 4.31. The highest BCUT2D eigenvalue weighted by molar-refractivity contribution is 5.43. The molecule has 0 unspecified atom stereocenters. The molecule has 0 atom stereocenters. The third kappa shape index (κ3) is 2.22. The number of nitrogens with zero attached hydrogens (tertiary/aromatic N) is 1. The minimum absolute atomic E-state index is 0.613. The van der Waals surface area contributed by atoms with Crippen molar-refractivity contribution in [3.05, 3.63) is 23.5 Å². The number of pyridine rings is 1. The summed E-state index contributed by atoms with van der Waals surface area (Å²) in [6.07, 6.45) is 0.966. The van der Waals surface area contributed by atoms with Crippen molar-refractivity contribution < 1.29 is 0 Å². The molecule has 1 aromatic rings. The summed E-state index contributed by atoms with van der Waals surface area (Å²) in [6.45, 7) is 6.33. The highest BCUT2D eigenvalue weighted by Crippen LogP contribution is 2.13. The highest BCUT2D eigenvalue weighted by atomic mass is 14.7. The predicted octanol–water partition coefficient (Wildman–Crippen LogP) is 2.17. The summed E-state index contributed by atoms with van der Waals surface area (Å²) in [4.78, 5) is 4.39. The summed E-state index contributed by atoms with van der Waals surface area (Å²) in [7, 11) is 0. The van der Waals surface area contributed by atoms with Crippen LogP contribution in [0.5, 0.6) is 0 Å². The first kappa shape index (κ1) is 9.04. The van der Waals surface area contributed by atoms with Crippen molar-refractivity contribution in [3.8, 4) is 0 Å². The zero-order valence-corrected chi connectivity index (χ0v) is 7.96. The van der Waals surface area contributed by atoms with Gasteiger partial charge in [0.15, 0.2) is 0 Å². The van der Waals surface area contributed by atoms with Crippen LogP contribution in [0.15, 0.2) is 12.1 Å². The molecule has 0 radical (unpaired) electrons. The Bertz CT molecular complexity index is 267. The molecule has 0 saturated carbocycles. The number of hydrogen-bond acceptors (Lipinski definition) is 2. The van der Waals surface area contributed by atoms with Gasteiger partial charge in [-0.1, -0.05) is 13.8 Å². The monoisotopic (exact) mass is 164 g/mol. The number of rotatable bonds is 2. The van der Waals surface area contributed by atoms with Gasteiger partial charge in [-0.05, 0) is 31.4 Å². The molecule has 0 aliphatic heterocycles. The van der Waals surface area contributed by atoms with Crippen molar-refractivity contribution in [2.75, 3.05) is 5.73 Å². The zero-order chi connectivity index (χ0) is 9.14. The van der Waals surface area contributed by atoms with E-state index in [2.05, 4.69) is 18.8 Å². The molecule has 2 nitrogen and oxygen atoms in total. The van der Waals surface area contributed by atoms with Gasteiger partial charge in [0.05, 0.1) is 11.4 Å². The largest absolute Gasteiger partial charge is 0.397 e. The van der Waals surface area contributed by atoms with Crippen LogP contribution < -0.4 is 5.73 Å². The summed E-state index contributed by atoms with van der Waals surface area (Å²) < 4.78 is 0. The van der Waals surface area contributed by atoms with Crippen LogP contribution in [-0.2, 0) is 6.42 Å². The van der Waals surface area contributed by atoms with Crippen LogP contribution in [0.25, 0.3) is 0 Å². The fourth-order valence-electron chi connectivity index (χ4n) is 1.17. The third-order valence-electron chi connectivity index (χ3n) is 1.75. The molecule has 2 heteroatoms. The summed E-state index contributed by atoms with van der Waals surface area (Å²) in [5, 5.41) is 0. The second-order valence-electron chi connectivity index (χ2n) is 3.59. The van der Waals surface area contributed by atoms with E-state index < -0.39 is 0 Å². The molecule has 1 heterocycles. The van der Waals surface area contributed by atoms with E-state index in [1.165, 1.54) is 0 Å². The Morgan fingerprint density at radius 2 is 2.08 bits per heavy atom. The van der Waals surface area contributed by atoms with Gasteiger partial charge in [0.25, 0.3) is 0 Å². The van der Waals surface area contributed by atoms with Crippen LogP contribution in [0.3, 0.4) is 0 Å². The first-order valence-electron chi connectivity index (χ1n) is 4.31. The normalized spacial score (nSPS) is 10.7. The Morgan fingerprint density at radius 1 is 1.42 bits per heavy atom. The van der Waals surface area contributed by atoms with Gasteiger partial charge in [-0.25, -0.2) is 0 Å². The minimum Gasteiger partial charge on any atom is -0.397 e. The van der Waals surface area contributed by atoms with Crippen molar-refractivity contribution in [1.82, 2.24) is 4.98 Å². The number of nitrogens with two attached hydrogens (primary N) is 1. The number of aryl methyl sites for hydroxylation is 1. The van der Waals surface area contributed by atoms with E-state index in [1.54, 1.807) is 0 Å². The second kappa shape index (κ2) is 3.57. The van der Waals surface area contributed by atoms with Gasteiger partial charge >= 0.3 is 0 Å². The lowest BCUT2D eigenvalue weighted by molar-refractivity contribution is 0.635. The van der Waals surface area contributed by atoms with E-state index >= 15 is 0 Å². The standard InChI is InChI=1S/C10H16N2/c1-7(2)6-10-9(11)5-4-8(3)12-10/h4-5,7H,6,11H2,1-3H3. The fourth-order valence-corrected chi connectivity index (χ4v) is 1.17. The quantitative estimate of drug-likeness (QED) is 0.727. The maximum absolute atomic E-state index is 5.78. The lowest BCUT2D eigenvalue weighted by Gasteiger charge is -2.07. The Kier molecular flexibility index (Phi) is 2.69. The molecule has 0 spiro atoms. The van der Waals surface area contributed by atoms with Crippen LogP contribution in [0, 0.1) is 12.8 Å². The molecule has 12 heavy (non-hydrogen) atoms. The lowest BCUT2D eigenvalue weighted by Crippen LogP contribution is -2.03. The van der Waals surface area contributed by atoms with Gasteiger partial charge < -0.3 is 5.73 Å². The lowest BCUT2D eigenvalue weighted by atomic mass is 10.1. The summed E-state index contributed by atoms with van der Waals surface area (Å²) in [5.74, 6) is 0.613. The van der Waals surface area contributed by atoms with E-state index in [1.807, 2.05) is 19.1 Å². The molecule has 66 valence electrons. The Hall–Kier alpha value is -1.05. The number of aromatic nitrogens is 1. The van der Waals surface area contributed by atoms with Crippen LogP contribution >= 0.6 is 0 Å². The molecule has 2 N–H and O–H groups in total. The van der Waals surface area contributed by atoms with E-state index in [9.17, 15) is 0 Å². The topological polar surface area (TPSA) is 38.9 Å². The second-order valence-corrected chi connectivity index (χ2v) is 3.59.